The van der Waals surface area contributed by atoms with E-state index in [1.54, 1.807) is 0 Å². The van der Waals surface area contributed by atoms with Crippen LogP contribution in [-0.2, 0) is 6.54 Å². The van der Waals surface area contributed by atoms with Crippen molar-refractivity contribution < 1.29 is 0 Å². The Morgan fingerprint density at radius 2 is 2.00 bits per heavy atom. The van der Waals surface area contributed by atoms with Crippen LogP contribution in [-0.4, -0.2) is 6.04 Å². The Morgan fingerprint density at radius 3 is 2.68 bits per heavy atom. The number of hydrogen-bond donors (Lipinski definition) is 1. The van der Waals surface area contributed by atoms with E-state index in [9.17, 15) is 0 Å². The molecule has 1 aromatic carbocycles. The molecular weight excluding hydrogens is 318 g/mol. The second-order valence-corrected chi connectivity index (χ2v) is 7.51. The van der Waals surface area contributed by atoms with Crippen molar-refractivity contribution in [3.63, 3.8) is 0 Å². The molecule has 3 rings (SSSR count). The van der Waals surface area contributed by atoms with E-state index in [-0.39, 0.29) is 0 Å². The third-order valence-electron chi connectivity index (χ3n) is 3.84. The monoisotopic (exact) mass is 335 g/mol. The normalized spacial score (nSPS) is 22.2. The number of nitrogens with one attached hydrogen (secondary N) is 1. The van der Waals surface area contributed by atoms with Gasteiger partial charge in [0.15, 0.2) is 0 Å². The van der Waals surface area contributed by atoms with Crippen molar-refractivity contribution in [3.8, 4) is 0 Å². The highest BCUT2D eigenvalue weighted by atomic mass is 79.9. The lowest BCUT2D eigenvalue weighted by atomic mass is 9.76. The standard InChI is InChI=1S/C16H18BrNS/c1-11-6-7-14(19-11)10-18-13-8-12(9-13)15-4-2-3-5-16(15)17/h2-7,12-13,18H,8-10H2,1H3. The molecule has 3 heteroatoms. The lowest BCUT2D eigenvalue weighted by Crippen LogP contribution is -2.39. The minimum atomic E-state index is 0.680. The van der Waals surface area contributed by atoms with Gasteiger partial charge in [0.1, 0.15) is 0 Å². The molecule has 1 aliphatic carbocycles. The summed E-state index contributed by atoms with van der Waals surface area (Å²) in [7, 11) is 0. The Hall–Kier alpha value is -0.640. The average molecular weight is 336 g/mol. The highest BCUT2D eigenvalue weighted by Crippen LogP contribution is 2.40. The van der Waals surface area contributed by atoms with Gasteiger partial charge >= 0.3 is 0 Å². The highest BCUT2D eigenvalue weighted by molar-refractivity contribution is 9.10. The van der Waals surface area contributed by atoms with E-state index >= 15 is 0 Å². The first-order valence-corrected chi connectivity index (χ1v) is 8.36. The quantitative estimate of drug-likeness (QED) is 0.841. The minimum Gasteiger partial charge on any atom is -0.309 e. The maximum atomic E-state index is 3.66. The first-order chi connectivity index (χ1) is 9.22. The van der Waals surface area contributed by atoms with E-state index in [0.717, 1.165) is 12.5 Å². The van der Waals surface area contributed by atoms with Crippen molar-refractivity contribution in [1.29, 1.82) is 0 Å². The van der Waals surface area contributed by atoms with Crippen LogP contribution in [0.4, 0.5) is 0 Å². The number of thiophene rings is 1. The lowest BCUT2D eigenvalue weighted by molar-refractivity contribution is 0.289. The van der Waals surface area contributed by atoms with Gasteiger partial charge in [0.05, 0.1) is 0 Å². The summed E-state index contributed by atoms with van der Waals surface area (Å²) in [4.78, 5) is 2.85. The van der Waals surface area contributed by atoms with Gasteiger partial charge in [-0.05, 0) is 49.4 Å². The Labute approximate surface area is 127 Å². The molecule has 1 fully saturated rings. The zero-order valence-electron chi connectivity index (χ0n) is 11.0. The zero-order valence-corrected chi connectivity index (χ0v) is 13.4. The third kappa shape index (κ3) is 3.10. The van der Waals surface area contributed by atoms with Crippen LogP contribution >= 0.6 is 27.3 Å². The van der Waals surface area contributed by atoms with Gasteiger partial charge in [-0.3, -0.25) is 0 Å². The smallest absolute Gasteiger partial charge is 0.0302 e. The van der Waals surface area contributed by atoms with Gasteiger partial charge in [0, 0.05) is 26.8 Å². The minimum absolute atomic E-state index is 0.680. The zero-order chi connectivity index (χ0) is 13.2. The summed E-state index contributed by atoms with van der Waals surface area (Å²) in [5.41, 5.74) is 1.47. The molecule has 1 heterocycles. The molecule has 0 spiro atoms. The van der Waals surface area contributed by atoms with E-state index in [1.807, 2.05) is 11.3 Å². The van der Waals surface area contributed by atoms with Crippen LogP contribution in [0.3, 0.4) is 0 Å². The Balaban J connectivity index is 1.49. The van der Waals surface area contributed by atoms with Gasteiger partial charge in [-0.1, -0.05) is 34.1 Å². The summed E-state index contributed by atoms with van der Waals surface area (Å²) in [5, 5.41) is 3.66. The summed E-state index contributed by atoms with van der Waals surface area (Å²) in [6.45, 7) is 3.19. The number of aryl methyl sites for hydroxylation is 1. The number of rotatable bonds is 4. The van der Waals surface area contributed by atoms with Gasteiger partial charge in [0.25, 0.3) is 0 Å². The molecule has 0 aliphatic heterocycles. The summed E-state index contributed by atoms with van der Waals surface area (Å²) in [6, 6.07) is 13.7. The van der Waals surface area contributed by atoms with E-state index < -0.39 is 0 Å². The molecular formula is C16H18BrNS. The Bertz CT molecular complexity index is 557. The fraction of sp³-hybridized carbons (Fsp3) is 0.375. The molecule has 0 unspecified atom stereocenters. The SMILES string of the molecule is Cc1ccc(CNC2CC(c3ccccc3Br)C2)s1. The van der Waals surface area contributed by atoms with Gasteiger partial charge in [0.2, 0.25) is 0 Å². The molecule has 1 N–H and O–H groups in total. The number of benzene rings is 1. The van der Waals surface area contributed by atoms with Gasteiger partial charge < -0.3 is 5.32 Å². The summed E-state index contributed by atoms with van der Waals surface area (Å²) in [6.07, 6.45) is 2.51. The number of halogens is 1. The molecule has 100 valence electrons. The fourth-order valence-electron chi connectivity index (χ4n) is 2.67. The highest BCUT2D eigenvalue weighted by Gasteiger charge is 2.30. The largest absolute Gasteiger partial charge is 0.309 e. The first kappa shape index (κ1) is 13.3. The van der Waals surface area contributed by atoms with E-state index in [4.69, 9.17) is 0 Å². The average Bonchev–Trinajstić information content (AvgIpc) is 2.75. The van der Waals surface area contributed by atoms with Crippen LogP contribution in [0.25, 0.3) is 0 Å². The van der Waals surface area contributed by atoms with Gasteiger partial charge in [-0.2, -0.15) is 0 Å². The molecule has 0 atom stereocenters. The van der Waals surface area contributed by atoms with Gasteiger partial charge in [-0.25, -0.2) is 0 Å². The van der Waals surface area contributed by atoms with Crippen molar-refractivity contribution in [2.45, 2.75) is 38.3 Å². The Kier molecular flexibility index (Phi) is 4.06. The van der Waals surface area contributed by atoms with Crippen LogP contribution in [0.1, 0.15) is 34.1 Å². The van der Waals surface area contributed by atoms with Crippen molar-refractivity contribution in [1.82, 2.24) is 5.32 Å². The fourth-order valence-corrected chi connectivity index (χ4v) is 4.12. The van der Waals surface area contributed by atoms with E-state index in [0.29, 0.717) is 6.04 Å². The maximum Gasteiger partial charge on any atom is 0.0302 e. The van der Waals surface area contributed by atoms with Crippen molar-refractivity contribution >= 4 is 27.3 Å². The summed E-state index contributed by atoms with van der Waals surface area (Å²) < 4.78 is 1.26. The Morgan fingerprint density at radius 1 is 1.21 bits per heavy atom. The van der Waals surface area contributed by atoms with E-state index in [1.165, 1.54) is 32.6 Å². The van der Waals surface area contributed by atoms with Gasteiger partial charge in [-0.15, -0.1) is 11.3 Å². The molecule has 0 saturated heterocycles. The summed E-state index contributed by atoms with van der Waals surface area (Å²) >= 11 is 5.55. The van der Waals surface area contributed by atoms with Crippen LogP contribution < -0.4 is 5.32 Å². The molecule has 1 saturated carbocycles. The number of hydrogen-bond acceptors (Lipinski definition) is 2. The first-order valence-electron chi connectivity index (χ1n) is 6.75. The second kappa shape index (κ2) is 5.78. The van der Waals surface area contributed by atoms with Crippen LogP contribution in [0, 0.1) is 6.92 Å². The summed E-state index contributed by atoms with van der Waals surface area (Å²) in [5.74, 6) is 0.721. The second-order valence-electron chi connectivity index (χ2n) is 5.28. The lowest BCUT2D eigenvalue weighted by Gasteiger charge is -2.36. The third-order valence-corrected chi connectivity index (χ3v) is 5.57. The van der Waals surface area contributed by atoms with Crippen molar-refractivity contribution in [2.75, 3.05) is 0 Å². The predicted molar refractivity (Wildman–Crippen MR) is 85.8 cm³/mol. The molecule has 0 bridgehead atoms. The van der Waals surface area contributed by atoms with E-state index in [2.05, 4.69) is 64.6 Å². The molecule has 2 aromatic rings. The van der Waals surface area contributed by atoms with Crippen molar-refractivity contribution in [2.24, 2.45) is 0 Å². The van der Waals surface area contributed by atoms with Crippen LogP contribution in [0.2, 0.25) is 0 Å². The molecule has 1 nitrogen and oxygen atoms in total. The molecule has 1 aromatic heterocycles. The van der Waals surface area contributed by atoms with Crippen LogP contribution in [0.5, 0.6) is 0 Å². The van der Waals surface area contributed by atoms with Crippen molar-refractivity contribution in [3.05, 3.63) is 56.2 Å². The molecule has 1 aliphatic rings. The molecule has 0 radical (unpaired) electrons. The molecule has 0 amide bonds. The predicted octanol–water partition coefficient (Wildman–Crippen LogP) is 4.85. The maximum absolute atomic E-state index is 3.66. The molecule has 19 heavy (non-hydrogen) atoms. The topological polar surface area (TPSA) is 12.0 Å². The van der Waals surface area contributed by atoms with Crippen LogP contribution in [0.15, 0.2) is 40.9 Å².